The third-order valence-electron chi connectivity index (χ3n) is 2.25. The molecule has 1 atom stereocenters. The standard InChI is InChI=1S/C11H18N2OS/c1-7(2)9-4-5-15-10(9)11(14)13-8(3)6-12/h4-5,7-8H,6,12H2,1-3H3,(H,13,14)/t8-/m1/s1. The summed E-state index contributed by atoms with van der Waals surface area (Å²) < 4.78 is 0. The summed E-state index contributed by atoms with van der Waals surface area (Å²) in [5, 5.41) is 4.83. The van der Waals surface area contributed by atoms with Crippen LogP contribution in [-0.4, -0.2) is 18.5 Å². The van der Waals surface area contributed by atoms with Gasteiger partial charge in [-0.1, -0.05) is 13.8 Å². The van der Waals surface area contributed by atoms with Crippen molar-refractivity contribution in [1.29, 1.82) is 0 Å². The van der Waals surface area contributed by atoms with Crippen LogP contribution < -0.4 is 11.1 Å². The van der Waals surface area contributed by atoms with E-state index in [1.165, 1.54) is 11.3 Å². The van der Waals surface area contributed by atoms with Gasteiger partial charge in [-0.05, 0) is 29.9 Å². The zero-order valence-corrected chi connectivity index (χ0v) is 10.2. The lowest BCUT2D eigenvalue weighted by molar-refractivity contribution is 0.0944. The van der Waals surface area contributed by atoms with Crippen LogP contribution >= 0.6 is 11.3 Å². The van der Waals surface area contributed by atoms with Crippen molar-refractivity contribution in [1.82, 2.24) is 5.32 Å². The van der Waals surface area contributed by atoms with Gasteiger partial charge in [0.1, 0.15) is 0 Å². The van der Waals surface area contributed by atoms with Crippen LogP contribution in [-0.2, 0) is 0 Å². The van der Waals surface area contributed by atoms with Crippen molar-refractivity contribution < 1.29 is 4.79 Å². The van der Waals surface area contributed by atoms with E-state index in [1.807, 2.05) is 18.4 Å². The fraction of sp³-hybridized carbons (Fsp3) is 0.545. The molecule has 0 fully saturated rings. The Hall–Kier alpha value is -0.870. The van der Waals surface area contributed by atoms with Crippen molar-refractivity contribution in [2.45, 2.75) is 32.7 Å². The van der Waals surface area contributed by atoms with Gasteiger partial charge in [0.25, 0.3) is 5.91 Å². The lowest BCUT2D eigenvalue weighted by atomic mass is 10.0. The molecule has 1 heterocycles. The molecule has 3 N–H and O–H groups in total. The minimum atomic E-state index is -0.00773. The molecule has 0 radical (unpaired) electrons. The average molecular weight is 226 g/mol. The Kier molecular flexibility index (Phi) is 4.29. The molecule has 84 valence electrons. The SMILES string of the molecule is CC(C)c1ccsc1C(=O)N[C@H](C)CN. The molecule has 0 aliphatic carbocycles. The molecule has 0 unspecified atom stereocenters. The van der Waals surface area contributed by atoms with Crippen LogP contribution in [0.25, 0.3) is 0 Å². The van der Waals surface area contributed by atoms with Crippen LogP contribution in [0.4, 0.5) is 0 Å². The number of rotatable bonds is 4. The van der Waals surface area contributed by atoms with Crippen LogP contribution in [0.15, 0.2) is 11.4 Å². The largest absolute Gasteiger partial charge is 0.348 e. The van der Waals surface area contributed by atoms with Crippen LogP contribution in [0, 0.1) is 0 Å². The van der Waals surface area contributed by atoms with E-state index < -0.39 is 0 Å². The Labute approximate surface area is 94.7 Å². The highest BCUT2D eigenvalue weighted by Crippen LogP contribution is 2.24. The van der Waals surface area contributed by atoms with E-state index >= 15 is 0 Å². The Morgan fingerprint density at radius 3 is 2.73 bits per heavy atom. The van der Waals surface area contributed by atoms with E-state index in [0.717, 1.165) is 10.4 Å². The number of amides is 1. The quantitative estimate of drug-likeness (QED) is 0.824. The lowest BCUT2D eigenvalue weighted by Gasteiger charge is -2.12. The summed E-state index contributed by atoms with van der Waals surface area (Å²) >= 11 is 1.49. The van der Waals surface area contributed by atoms with E-state index in [0.29, 0.717) is 12.5 Å². The van der Waals surface area contributed by atoms with E-state index in [1.54, 1.807) is 0 Å². The fourth-order valence-electron chi connectivity index (χ4n) is 1.31. The first-order valence-electron chi connectivity index (χ1n) is 5.14. The van der Waals surface area contributed by atoms with Gasteiger partial charge in [-0.2, -0.15) is 0 Å². The van der Waals surface area contributed by atoms with Crippen molar-refractivity contribution in [3.05, 3.63) is 21.9 Å². The van der Waals surface area contributed by atoms with Crippen molar-refractivity contribution in [3.63, 3.8) is 0 Å². The van der Waals surface area contributed by atoms with E-state index in [-0.39, 0.29) is 11.9 Å². The second kappa shape index (κ2) is 5.28. The molecule has 4 heteroatoms. The summed E-state index contributed by atoms with van der Waals surface area (Å²) in [4.78, 5) is 12.7. The van der Waals surface area contributed by atoms with Crippen molar-refractivity contribution in [3.8, 4) is 0 Å². The highest BCUT2D eigenvalue weighted by molar-refractivity contribution is 7.12. The van der Waals surface area contributed by atoms with Crippen LogP contribution in [0.3, 0.4) is 0 Å². The maximum atomic E-state index is 11.8. The van der Waals surface area contributed by atoms with Gasteiger partial charge in [0.15, 0.2) is 0 Å². The minimum absolute atomic E-state index is 0.00773. The zero-order chi connectivity index (χ0) is 11.4. The molecular weight excluding hydrogens is 208 g/mol. The molecular formula is C11H18N2OS. The number of thiophene rings is 1. The zero-order valence-electron chi connectivity index (χ0n) is 9.41. The molecule has 0 saturated heterocycles. The molecule has 0 aromatic carbocycles. The minimum Gasteiger partial charge on any atom is -0.348 e. The second-order valence-corrected chi connectivity index (χ2v) is 4.89. The van der Waals surface area contributed by atoms with Gasteiger partial charge in [0, 0.05) is 12.6 Å². The van der Waals surface area contributed by atoms with E-state index in [9.17, 15) is 4.79 Å². The van der Waals surface area contributed by atoms with Gasteiger partial charge < -0.3 is 11.1 Å². The molecule has 0 bridgehead atoms. The fourth-order valence-corrected chi connectivity index (χ4v) is 2.26. The van der Waals surface area contributed by atoms with Gasteiger partial charge in [-0.15, -0.1) is 11.3 Å². The molecule has 1 aromatic rings. The van der Waals surface area contributed by atoms with Gasteiger partial charge >= 0.3 is 0 Å². The number of hydrogen-bond acceptors (Lipinski definition) is 3. The molecule has 0 aliphatic rings. The molecule has 0 saturated carbocycles. The third-order valence-corrected chi connectivity index (χ3v) is 3.18. The summed E-state index contributed by atoms with van der Waals surface area (Å²) in [5.74, 6) is 0.372. The van der Waals surface area contributed by atoms with Crippen LogP contribution in [0.1, 0.15) is 41.9 Å². The summed E-state index contributed by atoms with van der Waals surface area (Å²) in [6, 6.07) is 2.04. The second-order valence-electron chi connectivity index (χ2n) is 3.97. The summed E-state index contributed by atoms with van der Waals surface area (Å²) in [7, 11) is 0. The first kappa shape index (κ1) is 12.2. The first-order valence-corrected chi connectivity index (χ1v) is 6.02. The van der Waals surface area contributed by atoms with E-state index in [2.05, 4.69) is 19.2 Å². The normalized spacial score (nSPS) is 12.9. The van der Waals surface area contributed by atoms with Gasteiger partial charge in [-0.3, -0.25) is 4.79 Å². The van der Waals surface area contributed by atoms with Gasteiger partial charge in [0.2, 0.25) is 0 Å². The number of nitrogens with one attached hydrogen (secondary N) is 1. The van der Waals surface area contributed by atoms with Crippen molar-refractivity contribution >= 4 is 17.2 Å². The highest BCUT2D eigenvalue weighted by atomic mass is 32.1. The molecule has 15 heavy (non-hydrogen) atoms. The maximum absolute atomic E-state index is 11.8. The first-order chi connectivity index (χ1) is 7.06. The van der Waals surface area contributed by atoms with E-state index in [4.69, 9.17) is 5.73 Å². The Morgan fingerprint density at radius 2 is 2.20 bits per heavy atom. The number of carbonyl (C=O) groups is 1. The molecule has 1 amide bonds. The monoisotopic (exact) mass is 226 g/mol. The highest BCUT2D eigenvalue weighted by Gasteiger charge is 2.16. The lowest BCUT2D eigenvalue weighted by Crippen LogP contribution is -2.37. The van der Waals surface area contributed by atoms with Crippen molar-refractivity contribution in [2.24, 2.45) is 5.73 Å². The molecule has 0 spiro atoms. The average Bonchev–Trinajstić information content (AvgIpc) is 2.65. The Balaban J connectivity index is 2.77. The van der Waals surface area contributed by atoms with Gasteiger partial charge in [-0.25, -0.2) is 0 Å². The smallest absolute Gasteiger partial charge is 0.261 e. The van der Waals surface area contributed by atoms with Crippen molar-refractivity contribution in [2.75, 3.05) is 6.54 Å². The molecule has 1 aromatic heterocycles. The Morgan fingerprint density at radius 1 is 1.53 bits per heavy atom. The maximum Gasteiger partial charge on any atom is 0.261 e. The molecule has 0 aliphatic heterocycles. The predicted molar refractivity (Wildman–Crippen MR) is 64.4 cm³/mol. The number of hydrogen-bond donors (Lipinski definition) is 2. The summed E-state index contributed by atoms with van der Waals surface area (Å²) in [5.41, 5.74) is 6.57. The van der Waals surface area contributed by atoms with Crippen LogP contribution in [0.2, 0.25) is 0 Å². The number of carbonyl (C=O) groups excluding carboxylic acids is 1. The molecule has 1 rings (SSSR count). The van der Waals surface area contributed by atoms with Crippen LogP contribution in [0.5, 0.6) is 0 Å². The third kappa shape index (κ3) is 3.04. The predicted octanol–water partition coefficient (Wildman–Crippen LogP) is 1.95. The summed E-state index contributed by atoms with van der Waals surface area (Å²) in [6.45, 7) is 6.55. The van der Waals surface area contributed by atoms with Gasteiger partial charge in [0.05, 0.1) is 4.88 Å². The topological polar surface area (TPSA) is 55.1 Å². The summed E-state index contributed by atoms with van der Waals surface area (Å²) in [6.07, 6.45) is 0. The Bertz CT molecular complexity index is 333. The molecule has 3 nitrogen and oxygen atoms in total. The number of nitrogens with two attached hydrogens (primary N) is 1.